The molecule has 1 aromatic carbocycles. The second-order valence-electron chi connectivity index (χ2n) is 4.14. The third-order valence-electron chi connectivity index (χ3n) is 2.84. The Bertz CT molecular complexity index is 331. The highest BCUT2D eigenvalue weighted by molar-refractivity contribution is 5.30. The minimum Gasteiger partial charge on any atom is -0.390 e. The Labute approximate surface area is 102 Å². The molecule has 4 nitrogen and oxygen atoms in total. The van der Waals surface area contributed by atoms with E-state index in [9.17, 15) is 10.2 Å². The number of aliphatic hydroxyl groups excluding tert-OH is 2. The highest BCUT2D eigenvalue weighted by Gasteiger charge is 2.19. The van der Waals surface area contributed by atoms with E-state index >= 15 is 0 Å². The molecule has 2 atom stereocenters. The van der Waals surface area contributed by atoms with Crippen LogP contribution in [0.25, 0.3) is 0 Å². The maximum absolute atomic E-state index is 10.1. The summed E-state index contributed by atoms with van der Waals surface area (Å²) in [4.78, 5) is 0. The molecule has 4 heteroatoms. The van der Waals surface area contributed by atoms with Gasteiger partial charge in [0.05, 0.1) is 6.10 Å². The van der Waals surface area contributed by atoms with Gasteiger partial charge in [-0.25, -0.2) is 0 Å². The fourth-order valence-electron chi connectivity index (χ4n) is 1.86. The lowest BCUT2D eigenvalue weighted by molar-refractivity contribution is 0.0135. The van der Waals surface area contributed by atoms with Crippen LogP contribution in [-0.2, 0) is 6.42 Å². The summed E-state index contributed by atoms with van der Waals surface area (Å²) in [6.07, 6.45) is -0.354. The summed E-state index contributed by atoms with van der Waals surface area (Å²) < 4.78 is 0. The standard InChI is InChI=1S/C13H22N2O2/c1-15-9-7-12(16)13(17)11-5-3-2-4-10(11)6-8-14/h2-5,12-13,15-17H,6-9,14H2,1H3. The molecule has 96 valence electrons. The van der Waals surface area contributed by atoms with Crippen molar-refractivity contribution in [2.75, 3.05) is 20.1 Å². The molecule has 0 amide bonds. The summed E-state index contributed by atoms with van der Waals surface area (Å²) in [5, 5.41) is 22.9. The zero-order valence-corrected chi connectivity index (χ0v) is 10.3. The van der Waals surface area contributed by atoms with Crippen LogP contribution >= 0.6 is 0 Å². The van der Waals surface area contributed by atoms with Gasteiger partial charge in [-0.15, -0.1) is 0 Å². The summed E-state index contributed by atoms with van der Waals surface area (Å²) in [7, 11) is 1.82. The lowest BCUT2D eigenvalue weighted by atomic mass is 9.95. The van der Waals surface area contributed by atoms with Gasteiger partial charge in [-0.1, -0.05) is 24.3 Å². The molecule has 0 fully saturated rings. The highest BCUT2D eigenvalue weighted by atomic mass is 16.3. The molecule has 0 heterocycles. The predicted molar refractivity (Wildman–Crippen MR) is 68.7 cm³/mol. The van der Waals surface area contributed by atoms with Crippen molar-refractivity contribution in [3.63, 3.8) is 0 Å². The van der Waals surface area contributed by atoms with E-state index in [1.54, 1.807) is 0 Å². The van der Waals surface area contributed by atoms with Crippen molar-refractivity contribution in [1.29, 1.82) is 0 Å². The Morgan fingerprint density at radius 2 is 2.00 bits per heavy atom. The van der Waals surface area contributed by atoms with Crippen LogP contribution < -0.4 is 11.1 Å². The molecule has 0 radical (unpaired) electrons. The number of hydrogen-bond donors (Lipinski definition) is 4. The van der Waals surface area contributed by atoms with Crippen molar-refractivity contribution in [2.45, 2.75) is 25.0 Å². The van der Waals surface area contributed by atoms with Gasteiger partial charge in [0.25, 0.3) is 0 Å². The molecule has 1 rings (SSSR count). The molecule has 0 bridgehead atoms. The average Bonchev–Trinajstić information content (AvgIpc) is 2.36. The smallest absolute Gasteiger partial charge is 0.105 e. The number of nitrogens with one attached hydrogen (secondary N) is 1. The summed E-state index contributed by atoms with van der Waals surface area (Å²) in [6, 6.07) is 7.57. The molecule has 0 aromatic heterocycles. The lowest BCUT2D eigenvalue weighted by Gasteiger charge is -2.20. The van der Waals surface area contributed by atoms with Crippen molar-refractivity contribution in [3.05, 3.63) is 35.4 Å². The molecular weight excluding hydrogens is 216 g/mol. The molecule has 0 saturated carbocycles. The van der Waals surface area contributed by atoms with Gasteiger partial charge in [0.2, 0.25) is 0 Å². The van der Waals surface area contributed by atoms with Crippen molar-refractivity contribution < 1.29 is 10.2 Å². The van der Waals surface area contributed by atoms with Crippen LogP contribution in [0.5, 0.6) is 0 Å². The van der Waals surface area contributed by atoms with E-state index in [1.807, 2.05) is 31.3 Å². The minimum atomic E-state index is -0.842. The number of hydrogen-bond acceptors (Lipinski definition) is 4. The zero-order valence-electron chi connectivity index (χ0n) is 10.3. The van der Waals surface area contributed by atoms with Gasteiger partial charge in [0.1, 0.15) is 6.10 Å². The molecule has 17 heavy (non-hydrogen) atoms. The van der Waals surface area contributed by atoms with Gasteiger partial charge in [0.15, 0.2) is 0 Å². The Balaban J connectivity index is 2.76. The van der Waals surface area contributed by atoms with Gasteiger partial charge in [0, 0.05) is 0 Å². The Hall–Kier alpha value is -0.940. The summed E-state index contributed by atoms with van der Waals surface area (Å²) in [6.45, 7) is 1.22. The molecule has 0 aliphatic heterocycles. The molecular formula is C13H22N2O2. The van der Waals surface area contributed by atoms with Gasteiger partial charge in [-0.2, -0.15) is 0 Å². The first-order valence-corrected chi connectivity index (χ1v) is 5.99. The number of benzene rings is 1. The third kappa shape index (κ3) is 4.09. The molecule has 0 aliphatic rings. The van der Waals surface area contributed by atoms with E-state index in [1.165, 1.54) is 0 Å². The number of rotatable bonds is 7. The van der Waals surface area contributed by atoms with Crippen LogP contribution in [-0.4, -0.2) is 36.5 Å². The van der Waals surface area contributed by atoms with Crippen molar-refractivity contribution in [3.8, 4) is 0 Å². The maximum atomic E-state index is 10.1. The SMILES string of the molecule is CNCCC(O)C(O)c1ccccc1CCN. The fourth-order valence-corrected chi connectivity index (χ4v) is 1.86. The van der Waals surface area contributed by atoms with Crippen molar-refractivity contribution in [1.82, 2.24) is 5.32 Å². The van der Waals surface area contributed by atoms with E-state index in [4.69, 9.17) is 5.73 Å². The van der Waals surface area contributed by atoms with Crippen molar-refractivity contribution >= 4 is 0 Å². The zero-order chi connectivity index (χ0) is 12.7. The van der Waals surface area contributed by atoms with Gasteiger partial charge < -0.3 is 21.3 Å². The molecule has 2 unspecified atom stereocenters. The van der Waals surface area contributed by atoms with Crippen LogP contribution in [0.4, 0.5) is 0 Å². The summed E-state index contributed by atoms with van der Waals surface area (Å²) >= 11 is 0. The summed E-state index contributed by atoms with van der Waals surface area (Å²) in [5.41, 5.74) is 7.32. The van der Waals surface area contributed by atoms with Crippen molar-refractivity contribution in [2.24, 2.45) is 5.73 Å². The van der Waals surface area contributed by atoms with Gasteiger partial charge >= 0.3 is 0 Å². The van der Waals surface area contributed by atoms with Gasteiger partial charge in [-0.3, -0.25) is 0 Å². The van der Waals surface area contributed by atoms with Crippen LogP contribution in [0, 0.1) is 0 Å². The summed E-state index contributed by atoms with van der Waals surface area (Å²) in [5.74, 6) is 0. The van der Waals surface area contributed by atoms with Crippen LogP contribution in [0.2, 0.25) is 0 Å². The fraction of sp³-hybridized carbons (Fsp3) is 0.538. The predicted octanol–water partition coefficient (Wildman–Crippen LogP) is 0.192. The van der Waals surface area contributed by atoms with Crippen LogP contribution in [0.1, 0.15) is 23.7 Å². The highest BCUT2D eigenvalue weighted by Crippen LogP contribution is 2.22. The molecule has 0 spiro atoms. The lowest BCUT2D eigenvalue weighted by Crippen LogP contribution is -2.24. The van der Waals surface area contributed by atoms with E-state index in [-0.39, 0.29) is 0 Å². The number of nitrogens with two attached hydrogens (primary N) is 1. The average molecular weight is 238 g/mol. The van der Waals surface area contributed by atoms with E-state index in [2.05, 4.69) is 5.32 Å². The second-order valence-corrected chi connectivity index (χ2v) is 4.14. The van der Waals surface area contributed by atoms with Gasteiger partial charge in [-0.05, 0) is 44.1 Å². The first kappa shape index (κ1) is 14.1. The first-order chi connectivity index (χ1) is 8.20. The second kappa shape index (κ2) is 7.40. The Morgan fingerprint density at radius 3 is 2.65 bits per heavy atom. The van der Waals surface area contributed by atoms with Crippen LogP contribution in [0.3, 0.4) is 0 Å². The molecule has 0 saturated heterocycles. The van der Waals surface area contributed by atoms with E-state index < -0.39 is 12.2 Å². The number of aliphatic hydroxyl groups is 2. The molecule has 1 aromatic rings. The maximum Gasteiger partial charge on any atom is 0.105 e. The quantitative estimate of drug-likeness (QED) is 0.547. The normalized spacial score (nSPS) is 14.6. The first-order valence-electron chi connectivity index (χ1n) is 5.99. The van der Waals surface area contributed by atoms with Crippen LogP contribution in [0.15, 0.2) is 24.3 Å². The van der Waals surface area contributed by atoms with E-state index in [0.29, 0.717) is 25.9 Å². The van der Waals surface area contributed by atoms with E-state index in [0.717, 1.165) is 11.1 Å². The Morgan fingerprint density at radius 1 is 1.29 bits per heavy atom. The Kier molecular flexibility index (Phi) is 6.15. The largest absolute Gasteiger partial charge is 0.390 e. The minimum absolute atomic E-state index is 0.522. The molecule has 5 N–H and O–H groups in total. The topological polar surface area (TPSA) is 78.5 Å². The molecule has 0 aliphatic carbocycles. The third-order valence-corrected chi connectivity index (χ3v) is 2.84. The monoisotopic (exact) mass is 238 g/mol.